The van der Waals surface area contributed by atoms with Crippen molar-refractivity contribution in [3.05, 3.63) is 28.2 Å². The van der Waals surface area contributed by atoms with Gasteiger partial charge in [0.15, 0.2) is 5.82 Å². The predicted molar refractivity (Wildman–Crippen MR) is 72.6 cm³/mol. The number of piperidine rings is 1. The number of nitrogens with zero attached hydrogens (tertiary/aromatic N) is 1. The number of hydrogen-bond donors (Lipinski definition) is 1. The molecule has 0 spiro atoms. The molecule has 3 atom stereocenters. The molecule has 1 aliphatic rings. The fourth-order valence-electron chi connectivity index (χ4n) is 2.52. The molecule has 2 nitrogen and oxygen atoms in total. The van der Waals surface area contributed by atoms with Gasteiger partial charge in [-0.05, 0) is 41.3 Å². The van der Waals surface area contributed by atoms with Gasteiger partial charge in [0.1, 0.15) is 5.82 Å². The number of rotatable bonds is 1. The number of benzene rings is 1. The normalized spacial score (nSPS) is 28.6. The Bertz CT molecular complexity index is 430. The van der Waals surface area contributed by atoms with Gasteiger partial charge in [-0.3, -0.25) is 0 Å². The standard InChI is InChI=1S/C13H17BrF2N2/c1-7-8(2)18(4-3-12(7)17)13-10(14)5-9(15)6-11(13)16/h5-8,12H,3-4,17H2,1-2H3. The minimum Gasteiger partial charge on any atom is -0.365 e. The molecule has 1 saturated heterocycles. The molecule has 5 heteroatoms. The third-order valence-corrected chi connectivity index (χ3v) is 4.50. The quantitative estimate of drug-likeness (QED) is 0.861. The van der Waals surface area contributed by atoms with Gasteiger partial charge in [-0.25, -0.2) is 8.78 Å². The van der Waals surface area contributed by atoms with Gasteiger partial charge >= 0.3 is 0 Å². The fraction of sp³-hybridized carbons (Fsp3) is 0.538. The van der Waals surface area contributed by atoms with Gasteiger partial charge in [0, 0.05) is 29.2 Å². The first kappa shape index (κ1) is 13.7. The molecule has 0 radical (unpaired) electrons. The molecule has 100 valence electrons. The minimum atomic E-state index is -0.572. The number of nitrogens with two attached hydrogens (primary N) is 1. The van der Waals surface area contributed by atoms with E-state index in [1.165, 1.54) is 6.07 Å². The van der Waals surface area contributed by atoms with E-state index in [-0.39, 0.29) is 18.0 Å². The third kappa shape index (κ3) is 2.38. The molecule has 1 fully saturated rings. The van der Waals surface area contributed by atoms with Gasteiger partial charge in [-0.15, -0.1) is 0 Å². The van der Waals surface area contributed by atoms with Crippen molar-refractivity contribution in [3.8, 4) is 0 Å². The fourth-order valence-corrected chi connectivity index (χ4v) is 3.16. The second-order valence-corrected chi connectivity index (χ2v) is 5.82. The largest absolute Gasteiger partial charge is 0.365 e. The third-order valence-electron chi connectivity index (χ3n) is 3.90. The summed E-state index contributed by atoms with van der Waals surface area (Å²) in [7, 11) is 0. The molecule has 1 aliphatic heterocycles. The molecule has 1 heterocycles. The highest BCUT2D eigenvalue weighted by Gasteiger charge is 2.32. The van der Waals surface area contributed by atoms with Crippen LogP contribution in [-0.2, 0) is 0 Å². The molecule has 1 aromatic rings. The van der Waals surface area contributed by atoms with E-state index in [4.69, 9.17) is 5.73 Å². The molecular formula is C13H17BrF2N2. The van der Waals surface area contributed by atoms with E-state index in [2.05, 4.69) is 22.9 Å². The van der Waals surface area contributed by atoms with Gasteiger partial charge < -0.3 is 10.6 Å². The Labute approximate surface area is 114 Å². The Kier molecular flexibility index (Phi) is 3.92. The SMILES string of the molecule is CC1C(N)CCN(c2c(F)cc(F)cc2Br)C1C. The van der Waals surface area contributed by atoms with Gasteiger partial charge in [0.25, 0.3) is 0 Å². The molecule has 3 unspecified atom stereocenters. The molecule has 0 saturated carbocycles. The van der Waals surface area contributed by atoms with Crippen molar-refractivity contribution >= 4 is 21.6 Å². The maximum absolute atomic E-state index is 14.0. The van der Waals surface area contributed by atoms with Crippen LogP contribution in [0.3, 0.4) is 0 Å². The average Bonchev–Trinajstić information content (AvgIpc) is 2.28. The summed E-state index contributed by atoms with van der Waals surface area (Å²) in [6.07, 6.45) is 0.814. The molecule has 0 amide bonds. The lowest BCUT2D eigenvalue weighted by atomic mass is 9.87. The summed E-state index contributed by atoms with van der Waals surface area (Å²) in [6.45, 7) is 4.78. The summed E-state index contributed by atoms with van der Waals surface area (Å²) in [6, 6.07) is 2.49. The lowest BCUT2D eigenvalue weighted by Gasteiger charge is -2.43. The van der Waals surface area contributed by atoms with Crippen LogP contribution in [-0.4, -0.2) is 18.6 Å². The van der Waals surface area contributed by atoms with Crippen molar-refractivity contribution in [2.24, 2.45) is 11.7 Å². The predicted octanol–water partition coefficient (Wildman–Crippen LogP) is 3.29. The van der Waals surface area contributed by atoms with E-state index in [0.717, 1.165) is 12.5 Å². The van der Waals surface area contributed by atoms with E-state index in [1.54, 1.807) is 0 Å². The van der Waals surface area contributed by atoms with Crippen molar-refractivity contribution in [2.75, 3.05) is 11.4 Å². The average molecular weight is 319 g/mol. The highest BCUT2D eigenvalue weighted by molar-refractivity contribution is 9.10. The second-order valence-electron chi connectivity index (χ2n) is 4.96. The topological polar surface area (TPSA) is 29.3 Å². The number of anilines is 1. The summed E-state index contributed by atoms with van der Waals surface area (Å²) >= 11 is 3.24. The van der Waals surface area contributed by atoms with Crippen molar-refractivity contribution in [3.63, 3.8) is 0 Å². The zero-order chi connectivity index (χ0) is 13.4. The maximum Gasteiger partial charge on any atom is 0.150 e. The summed E-state index contributed by atoms with van der Waals surface area (Å²) < 4.78 is 27.5. The van der Waals surface area contributed by atoms with Crippen LogP contribution >= 0.6 is 15.9 Å². The molecule has 2 N–H and O–H groups in total. The first-order valence-electron chi connectivity index (χ1n) is 6.08. The first-order valence-corrected chi connectivity index (χ1v) is 6.88. The number of halogens is 3. The lowest BCUT2D eigenvalue weighted by molar-refractivity contribution is 0.313. The molecule has 0 aliphatic carbocycles. The van der Waals surface area contributed by atoms with Crippen LogP contribution in [0.25, 0.3) is 0 Å². The Balaban J connectivity index is 2.37. The van der Waals surface area contributed by atoms with Gasteiger partial charge in [0.2, 0.25) is 0 Å². The minimum absolute atomic E-state index is 0.130. The monoisotopic (exact) mass is 318 g/mol. The van der Waals surface area contributed by atoms with Crippen LogP contribution in [0, 0.1) is 17.6 Å². The van der Waals surface area contributed by atoms with E-state index >= 15 is 0 Å². The molecule has 18 heavy (non-hydrogen) atoms. The summed E-state index contributed by atoms with van der Waals surface area (Å²) in [5.74, 6) is -0.830. The van der Waals surface area contributed by atoms with Crippen LogP contribution in [0.1, 0.15) is 20.3 Å². The summed E-state index contributed by atoms with van der Waals surface area (Å²) in [5.41, 5.74) is 6.45. The van der Waals surface area contributed by atoms with E-state index < -0.39 is 11.6 Å². The molecular weight excluding hydrogens is 302 g/mol. The smallest absolute Gasteiger partial charge is 0.150 e. The zero-order valence-electron chi connectivity index (χ0n) is 10.5. The molecule has 0 bridgehead atoms. The van der Waals surface area contributed by atoms with Gasteiger partial charge in [-0.1, -0.05) is 6.92 Å². The molecule has 1 aromatic carbocycles. The van der Waals surface area contributed by atoms with Crippen LogP contribution in [0.15, 0.2) is 16.6 Å². The number of hydrogen-bond acceptors (Lipinski definition) is 2. The highest BCUT2D eigenvalue weighted by atomic mass is 79.9. The van der Waals surface area contributed by atoms with Crippen molar-refractivity contribution in [2.45, 2.75) is 32.4 Å². The zero-order valence-corrected chi connectivity index (χ0v) is 12.0. The van der Waals surface area contributed by atoms with E-state index in [1.807, 2.05) is 11.8 Å². The summed E-state index contributed by atoms with van der Waals surface area (Å²) in [5, 5.41) is 0. The van der Waals surface area contributed by atoms with Crippen LogP contribution in [0.4, 0.5) is 14.5 Å². The van der Waals surface area contributed by atoms with Crippen molar-refractivity contribution in [1.82, 2.24) is 0 Å². The Morgan fingerprint density at radius 3 is 2.61 bits per heavy atom. The molecule has 0 aromatic heterocycles. The van der Waals surface area contributed by atoms with Gasteiger partial charge in [-0.2, -0.15) is 0 Å². The first-order chi connectivity index (χ1) is 8.41. The van der Waals surface area contributed by atoms with E-state index in [9.17, 15) is 8.78 Å². The molecule has 2 rings (SSSR count). The van der Waals surface area contributed by atoms with Gasteiger partial charge in [0.05, 0.1) is 5.69 Å². The second kappa shape index (κ2) is 5.13. The van der Waals surface area contributed by atoms with Crippen molar-refractivity contribution < 1.29 is 8.78 Å². The summed E-state index contributed by atoms with van der Waals surface area (Å²) in [4.78, 5) is 1.97. The Hall–Kier alpha value is -0.680. The Morgan fingerprint density at radius 2 is 2.00 bits per heavy atom. The maximum atomic E-state index is 14.0. The highest BCUT2D eigenvalue weighted by Crippen LogP contribution is 2.35. The van der Waals surface area contributed by atoms with Crippen LogP contribution in [0.2, 0.25) is 0 Å². The Morgan fingerprint density at radius 1 is 1.33 bits per heavy atom. The van der Waals surface area contributed by atoms with Crippen LogP contribution in [0.5, 0.6) is 0 Å². The van der Waals surface area contributed by atoms with E-state index in [0.29, 0.717) is 16.7 Å². The van der Waals surface area contributed by atoms with Crippen LogP contribution < -0.4 is 10.6 Å². The van der Waals surface area contributed by atoms with Crippen molar-refractivity contribution in [1.29, 1.82) is 0 Å². The lowest BCUT2D eigenvalue weighted by Crippen LogP contribution is -2.52.